The highest BCUT2D eigenvalue weighted by atomic mass is 19.4. The van der Waals surface area contributed by atoms with E-state index in [2.05, 4.69) is 80.8 Å². The van der Waals surface area contributed by atoms with Crippen molar-refractivity contribution in [2.75, 3.05) is 27.7 Å². The van der Waals surface area contributed by atoms with Crippen LogP contribution in [0.15, 0.2) is 91.1 Å². The van der Waals surface area contributed by atoms with Crippen LogP contribution in [0, 0.1) is 0 Å². The number of nitrogens with zero attached hydrogens (tertiary/aromatic N) is 2. The summed E-state index contributed by atoms with van der Waals surface area (Å²) in [6.45, 7) is 8.28. The first-order valence-electron chi connectivity index (χ1n) is 12.4. The summed E-state index contributed by atoms with van der Waals surface area (Å²) in [5.74, 6) is 0.382. The van der Waals surface area contributed by atoms with Gasteiger partial charge in [0.1, 0.15) is 0 Å². The van der Waals surface area contributed by atoms with Crippen LogP contribution in [0.5, 0.6) is 0 Å². The lowest BCUT2D eigenvalue weighted by Gasteiger charge is -2.29. The van der Waals surface area contributed by atoms with Gasteiger partial charge in [-0.3, -0.25) is 0 Å². The second kappa shape index (κ2) is 12.3. The molecule has 0 saturated carbocycles. The summed E-state index contributed by atoms with van der Waals surface area (Å²) in [6.07, 6.45) is -2.76. The first kappa shape index (κ1) is 27.5. The van der Waals surface area contributed by atoms with Gasteiger partial charge in [-0.1, -0.05) is 80.2 Å². The van der Waals surface area contributed by atoms with Crippen LogP contribution in [-0.4, -0.2) is 37.5 Å². The molecular formula is C31H37F3N2. The van der Waals surface area contributed by atoms with Gasteiger partial charge in [-0.2, -0.15) is 13.2 Å². The summed E-state index contributed by atoms with van der Waals surface area (Å²) in [5.41, 5.74) is 5.06. The molecule has 0 aliphatic rings. The molecule has 0 bridgehead atoms. The molecule has 192 valence electrons. The van der Waals surface area contributed by atoms with Crippen molar-refractivity contribution in [2.24, 2.45) is 0 Å². The Morgan fingerprint density at radius 3 is 1.94 bits per heavy atom. The SMILES string of the molecule is C=C(C(C)c1ccc(CN(C)C)cc1)N(C)CCC(Cc1ccc(C(F)(F)F)cc1)c1ccccc1. The molecule has 2 nitrogen and oxygen atoms in total. The van der Waals surface area contributed by atoms with Crippen molar-refractivity contribution in [1.82, 2.24) is 9.80 Å². The van der Waals surface area contributed by atoms with Gasteiger partial charge in [0.25, 0.3) is 0 Å². The molecule has 5 heteroatoms. The van der Waals surface area contributed by atoms with E-state index in [-0.39, 0.29) is 11.8 Å². The molecule has 0 spiro atoms. The number of halogens is 3. The van der Waals surface area contributed by atoms with Crippen LogP contribution < -0.4 is 0 Å². The predicted octanol–water partition coefficient (Wildman–Crippen LogP) is 7.73. The zero-order valence-electron chi connectivity index (χ0n) is 21.7. The Morgan fingerprint density at radius 2 is 1.39 bits per heavy atom. The van der Waals surface area contributed by atoms with Gasteiger partial charge in [-0.05, 0) is 67.2 Å². The van der Waals surface area contributed by atoms with E-state index in [9.17, 15) is 13.2 Å². The number of rotatable bonds is 11. The number of hydrogen-bond acceptors (Lipinski definition) is 2. The van der Waals surface area contributed by atoms with Crippen LogP contribution in [-0.2, 0) is 19.1 Å². The van der Waals surface area contributed by atoms with Crippen LogP contribution in [0.2, 0.25) is 0 Å². The van der Waals surface area contributed by atoms with Crippen molar-refractivity contribution in [2.45, 2.75) is 44.3 Å². The molecule has 3 rings (SSSR count). The molecule has 0 amide bonds. The van der Waals surface area contributed by atoms with Gasteiger partial charge < -0.3 is 9.80 Å². The first-order valence-corrected chi connectivity index (χ1v) is 12.4. The van der Waals surface area contributed by atoms with Gasteiger partial charge in [-0.25, -0.2) is 0 Å². The highest BCUT2D eigenvalue weighted by Gasteiger charge is 2.30. The van der Waals surface area contributed by atoms with E-state index in [1.54, 1.807) is 12.1 Å². The minimum atomic E-state index is -4.32. The van der Waals surface area contributed by atoms with E-state index < -0.39 is 11.7 Å². The van der Waals surface area contributed by atoms with Crippen molar-refractivity contribution in [3.8, 4) is 0 Å². The Kier molecular flexibility index (Phi) is 9.38. The molecule has 0 saturated heterocycles. The van der Waals surface area contributed by atoms with E-state index in [0.717, 1.165) is 30.8 Å². The normalized spacial score (nSPS) is 13.4. The molecule has 0 aliphatic heterocycles. The average Bonchev–Trinajstić information content (AvgIpc) is 2.86. The first-order chi connectivity index (χ1) is 17.0. The van der Waals surface area contributed by atoms with Gasteiger partial charge in [-0.15, -0.1) is 0 Å². The number of hydrogen-bond donors (Lipinski definition) is 0. The Hall–Kier alpha value is -3.05. The quantitative estimate of drug-likeness (QED) is 0.269. The third kappa shape index (κ3) is 7.72. The average molecular weight is 495 g/mol. The molecule has 0 N–H and O–H groups in total. The van der Waals surface area contributed by atoms with Crippen LogP contribution in [0.1, 0.15) is 53.0 Å². The fourth-order valence-corrected chi connectivity index (χ4v) is 4.52. The third-order valence-corrected chi connectivity index (χ3v) is 6.82. The van der Waals surface area contributed by atoms with Crippen molar-refractivity contribution >= 4 is 0 Å². The molecule has 36 heavy (non-hydrogen) atoms. The van der Waals surface area contributed by atoms with Crippen LogP contribution in [0.4, 0.5) is 13.2 Å². The Morgan fingerprint density at radius 1 is 0.806 bits per heavy atom. The molecular weight excluding hydrogens is 457 g/mol. The largest absolute Gasteiger partial charge is 0.416 e. The molecule has 3 aromatic carbocycles. The topological polar surface area (TPSA) is 6.48 Å². The predicted molar refractivity (Wildman–Crippen MR) is 143 cm³/mol. The smallest absolute Gasteiger partial charge is 0.378 e. The summed E-state index contributed by atoms with van der Waals surface area (Å²) in [6, 6.07) is 24.5. The monoisotopic (exact) mass is 494 g/mol. The number of likely N-dealkylation sites (N-methyl/N-ethyl adjacent to an activating group) is 1. The molecule has 0 aliphatic carbocycles. The molecule has 3 aromatic rings. The maximum atomic E-state index is 13.0. The highest BCUT2D eigenvalue weighted by molar-refractivity contribution is 5.30. The maximum Gasteiger partial charge on any atom is 0.416 e. The summed E-state index contributed by atoms with van der Waals surface area (Å²) in [5, 5.41) is 0. The second-order valence-corrected chi connectivity index (χ2v) is 9.91. The van der Waals surface area contributed by atoms with E-state index in [1.165, 1.54) is 28.8 Å². The molecule has 2 atom stereocenters. The Labute approximate surface area is 214 Å². The van der Waals surface area contributed by atoms with Gasteiger partial charge in [0.05, 0.1) is 5.56 Å². The summed E-state index contributed by atoms with van der Waals surface area (Å²) in [4.78, 5) is 4.36. The molecule has 2 unspecified atom stereocenters. The van der Waals surface area contributed by atoms with E-state index >= 15 is 0 Å². The maximum absolute atomic E-state index is 13.0. The van der Waals surface area contributed by atoms with Crippen LogP contribution in [0.25, 0.3) is 0 Å². The zero-order chi connectivity index (χ0) is 26.3. The summed E-state index contributed by atoms with van der Waals surface area (Å²) in [7, 11) is 6.20. The van der Waals surface area contributed by atoms with Crippen molar-refractivity contribution in [1.29, 1.82) is 0 Å². The van der Waals surface area contributed by atoms with Gasteiger partial charge in [0.2, 0.25) is 0 Å². The minimum absolute atomic E-state index is 0.188. The van der Waals surface area contributed by atoms with Crippen molar-refractivity contribution < 1.29 is 13.2 Å². The van der Waals surface area contributed by atoms with Crippen molar-refractivity contribution in [3.05, 3.63) is 119 Å². The Bertz CT molecular complexity index is 1090. The lowest BCUT2D eigenvalue weighted by atomic mass is 9.88. The number of alkyl halides is 3. The fourth-order valence-electron chi connectivity index (χ4n) is 4.52. The molecule has 0 heterocycles. The molecule has 0 aromatic heterocycles. The standard InChI is InChI=1S/C31H37F3N2/c1-23(27-15-11-26(12-16-27)22-35(3)4)24(2)36(5)20-19-29(28-9-7-6-8-10-28)21-25-13-17-30(18-14-25)31(32,33)34/h6-18,23,29H,2,19-22H2,1,3-5H3. The van der Waals surface area contributed by atoms with E-state index in [0.29, 0.717) is 6.42 Å². The van der Waals surface area contributed by atoms with Crippen molar-refractivity contribution in [3.63, 3.8) is 0 Å². The minimum Gasteiger partial charge on any atom is -0.378 e. The molecule has 0 radical (unpaired) electrons. The second-order valence-electron chi connectivity index (χ2n) is 9.91. The summed E-state index contributed by atoms with van der Waals surface area (Å²) >= 11 is 0. The third-order valence-electron chi connectivity index (χ3n) is 6.82. The zero-order valence-corrected chi connectivity index (χ0v) is 21.7. The number of allylic oxidation sites excluding steroid dienone is 1. The number of benzene rings is 3. The van der Waals surface area contributed by atoms with E-state index in [1.807, 2.05) is 18.2 Å². The van der Waals surface area contributed by atoms with Crippen LogP contribution >= 0.6 is 0 Å². The molecule has 0 fully saturated rings. The summed E-state index contributed by atoms with van der Waals surface area (Å²) < 4.78 is 38.9. The van der Waals surface area contributed by atoms with E-state index in [4.69, 9.17) is 0 Å². The lowest BCUT2D eigenvalue weighted by Crippen LogP contribution is -2.24. The van der Waals surface area contributed by atoms with Gasteiger partial charge >= 0.3 is 6.18 Å². The Balaban J connectivity index is 1.66. The lowest BCUT2D eigenvalue weighted by molar-refractivity contribution is -0.137. The fraction of sp³-hybridized carbons (Fsp3) is 0.355. The van der Waals surface area contributed by atoms with Crippen LogP contribution in [0.3, 0.4) is 0 Å². The highest BCUT2D eigenvalue weighted by Crippen LogP contribution is 2.31. The van der Waals surface area contributed by atoms with Gasteiger partial charge in [0, 0.05) is 31.8 Å². The van der Waals surface area contributed by atoms with Gasteiger partial charge in [0.15, 0.2) is 0 Å².